The van der Waals surface area contributed by atoms with Gasteiger partial charge in [0.05, 0.1) is 5.69 Å². The molecular weight excluding hydrogens is 360 g/mol. The predicted molar refractivity (Wildman–Crippen MR) is 101 cm³/mol. The summed E-state index contributed by atoms with van der Waals surface area (Å²) in [7, 11) is 0. The lowest BCUT2D eigenvalue weighted by atomic mass is 10.1. The van der Waals surface area contributed by atoms with E-state index in [0.717, 1.165) is 27.7 Å². The highest BCUT2D eigenvalue weighted by atomic mass is 32.2. The van der Waals surface area contributed by atoms with E-state index in [2.05, 4.69) is 30.1 Å². The largest absolute Gasteiger partial charge is 0.253 e. The molecule has 0 unspecified atom stereocenters. The van der Waals surface area contributed by atoms with Crippen LogP contribution in [0, 0.1) is 13.8 Å². The monoisotopic (exact) mass is 374 g/mol. The molecule has 132 valence electrons. The number of aromatic nitrogens is 8. The Labute approximate surface area is 158 Å². The van der Waals surface area contributed by atoms with Crippen molar-refractivity contribution in [2.24, 2.45) is 0 Å². The third-order valence-electron chi connectivity index (χ3n) is 4.08. The molecule has 0 spiro atoms. The van der Waals surface area contributed by atoms with Crippen LogP contribution < -0.4 is 0 Å². The number of fused-ring (bicyclic) bond motifs is 2. The van der Waals surface area contributed by atoms with E-state index in [-0.39, 0.29) is 0 Å². The van der Waals surface area contributed by atoms with Gasteiger partial charge in [-0.2, -0.15) is 19.6 Å². The minimum absolute atomic E-state index is 0.535. The Morgan fingerprint density at radius 1 is 0.889 bits per heavy atom. The third-order valence-corrected chi connectivity index (χ3v) is 4.94. The zero-order valence-electron chi connectivity index (χ0n) is 14.6. The van der Waals surface area contributed by atoms with Gasteiger partial charge in [-0.25, -0.2) is 14.5 Å². The Balaban J connectivity index is 1.62. The van der Waals surface area contributed by atoms with Gasteiger partial charge in [0.1, 0.15) is 11.4 Å². The fourth-order valence-electron chi connectivity index (χ4n) is 2.90. The van der Waals surface area contributed by atoms with E-state index in [1.165, 1.54) is 18.1 Å². The second-order valence-corrected chi connectivity index (χ2v) is 7.05. The quantitative estimate of drug-likeness (QED) is 0.449. The number of aryl methyl sites for hydroxylation is 2. The first-order chi connectivity index (χ1) is 13.2. The minimum atomic E-state index is 0.535. The number of hydrogen-bond donors (Lipinski definition) is 0. The fraction of sp³-hybridized carbons (Fsp3) is 0.111. The maximum atomic E-state index is 4.59. The van der Waals surface area contributed by atoms with Crippen molar-refractivity contribution in [3.8, 4) is 11.3 Å². The van der Waals surface area contributed by atoms with Crippen LogP contribution in [-0.2, 0) is 0 Å². The molecule has 0 radical (unpaired) electrons. The van der Waals surface area contributed by atoms with Gasteiger partial charge in [-0.05, 0) is 37.7 Å². The lowest BCUT2D eigenvalue weighted by molar-refractivity contribution is 0.825. The Bertz CT molecular complexity index is 1280. The lowest BCUT2D eigenvalue weighted by Gasteiger charge is -2.05. The van der Waals surface area contributed by atoms with Crippen molar-refractivity contribution in [1.82, 2.24) is 39.2 Å². The molecule has 4 heterocycles. The van der Waals surface area contributed by atoms with Gasteiger partial charge in [-0.3, -0.25) is 0 Å². The molecule has 27 heavy (non-hydrogen) atoms. The molecule has 0 atom stereocenters. The highest BCUT2D eigenvalue weighted by Crippen LogP contribution is 2.28. The molecule has 5 rings (SSSR count). The smallest absolute Gasteiger partial charge is 0.216 e. The minimum Gasteiger partial charge on any atom is -0.216 e. The summed E-state index contributed by atoms with van der Waals surface area (Å²) in [5, 5.41) is 10.3. The van der Waals surface area contributed by atoms with Gasteiger partial charge in [0, 0.05) is 17.0 Å². The average molecular weight is 374 g/mol. The molecule has 0 bridgehead atoms. The average Bonchev–Trinajstić information content (AvgIpc) is 3.29. The molecule has 5 aromatic rings. The first-order valence-electron chi connectivity index (χ1n) is 8.32. The van der Waals surface area contributed by atoms with Crippen LogP contribution in [0.15, 0.2) is 59.0 Å². The molecule has 0 saturated heterocycles. The van der Waals surface area contributed by atoms with Gasteiger partial charge < -0.3 is 0 Å². The number of benzene rings is 1. The molecule has 0 aliphatic heterocycles. The van der Waals surface area contributed by atoms with Crippen LogP contribution in [0.25, 0.3) is 22.8 Å². The van der Waals surface area contributed by atoms with Gasteiger partial charge in [0.25, 0.3) is 11.6 Å². The molecule has 0 fully saturated rings. The zero-order valence-corrected chi connectivity index (χ0v) is 15.4. The topological polar surface area (TPSA) is 86.2 Å². The molecule has 0 aliphatic carbocycles. The summed E-state index contributed by atoms with van der Waals surface area (Å²) >= 11 is 1.41. The Morgan fingerprint density at radius 2 is 1.74 bits per heavy atom. The van der Waals surface area contributed by atoms with Crippen LogP contribution in [0.3, 0.4) is 0 Å². The first kappa shape index (κ1) is 15.9. The Morgan fingerprint density at radius 3 is 2.59 bits per heavy atom. The lowest BCUT2D eigenvalue weighted by Crippen LogP contribution is -1.98. The van der Waals surface area contributed by atoms with Crippen molar-refractivity contribution in [3.05, 3.63) is 60.2 Å². The summed E-state index contributed by atoms with van der Waals surface area (Å²) in [6.45, 7) is 3.93. The van der Waals surface area contributed by atoms with Crippen molar-refractivity contribution in [2.45, 2.75) is 24.0 Å². The maximum absolute atomic E-state index is 4.59. The molecule has 1 aromatic carbocycles. The summed E-state index contributed by atoms with van der Waals surface area (Å²) in [6, 6.07) is 13.9. The van der Waals surface area contributed by atoms with Crippen molar-refractivity contribution in [1.29, 1.82) is 0 Å². The van der Waals surface area contributed by atoms with Crippen molar-refractivity contribution in [3.63, 3.8) is 0 Å². The first-order valence-corrected chi connectivity index (χ1v) is 9.14. The van der Waals surface area contributed by atoms with Gasteiger partial charge >= 0.3 is 0 Å². The summed E-state index contributed by atoms with van der Waals surface area (Å²) < 4.78 is 3.43. The van der Waals surface area contributed by atoms with E-state index in [1.807, 2.05) is 56.3 Å². The normalized spacial score (nSPS) is 11.5. The molecule has 4 aromatic heterocycles. The Kier molecular flexibility index (Phi) is 3.61. The summed E-state index contributed by atoms with van der Waals surface area (Å²) in [5.41, 5.74) is 3.74. The van der Waals surface area contributed by atoms with Crippen LogP contribution in [0.1, 0.15) is 11.4 Å². The third kappa shape index (κ3) is 2.81. The van der Waals surface area contributed by atoms with E-state index in [9.17, 15) is 0 Å². The zero-order chi connectivity index (χ0) is 18.4. The van der Waals surface area contributed by atoms with Crippen molar-refractivity contribution in [2.75, 3.05) is 0 Å². The number of nitrogens with zero attached hydrogens (tertiary/aromatic N) is 8. The molecule has 0 saturated carbocycles. The Hall–Kier alpha value is -3.33. The fourth-order valence-corrected chi connectivity index (χ4v) is 3.72. The number of hydrogen-bond acceptors (Lipinski definition) is 7. The molecule has 0 aliphatic rings. The van der Waals surface area contributed by atoms with Gasteiger partial charge in [-0.1, -0.05) is 30.3 Å². The van der Waals surface area contributed by atoms with Crippen LogP contribution in [0.5, 0.6) is 0 Å². The molecule has 0 N–H and O–H groups in total. The van der Waals surface area contributed by atoms with Gasteiger partial charge in [-0.15, -0.1) is 5.10 Å². The van der Waals surface area contributed by atoms with Gasteiger partial charge in [0.15, 0.2) is 0 Å². The highest BCUT2D eigenvalue weighted by Gasteiger charge is 2.14. The second-order valence-electron chi connectivity index (χ2n) is 6.06. The maximum Gasteiger partial charge on any atom is 0.253 e. The standard InChI is InChI=1S/C18H14N8S/c1-11-8-12(2)25-17(21-11)23-18(24-25)27-15-9-14(13-6-4-3-5-7-13)22-16-19-10-20-26(15)16/h3-10H,1-2H3. The molecule has 0 amide bonds. The van der Waals surface area contributed by atoms with E-state index >= 15 is 0 Å². The second kappa shape index (κ2) is 6.13. The SMILES string of the molecule is Cc1cc(C)n2nc(Sc3cc(-c4ccccc4)nc4ncnn34)nc2n1. The molecule has 9 heteroatoms. The highest BCUT2D eigenvalue weighted by molar-refractivity contribution is 7.99. The molecule has 8 nitrogen and oxygen atoms in total. The van der Waals surface area contributed by atoms with E-state index in [1.54, 1.807) is 9.03 Å². The summed E-state index contributed by atoms with van der Waals surface area (Å²) in [5.74, 6) is 1.12. The van der Waals surface area contributed by atoms with Crippen LogP contribution in [0.2, 0.25) is 0 Å². The number of rotatable bonds is 3. The van der Waals surface area contributed by atoms with Crippen LogP contribution in [-0.4, -0.2) is 39.2 Å². The van der Waals surface area contributed by atoms with E-state index in [4.69, 9.17) is 0 Å². The van der Waals surface area contributed by atoms with Crippen molar-refractivity contribution >= 4 is 23.3 Å². The summed E-state index contributed by atoms with van der Waals surface area (Å²) in [6.07, 6.45) is 1.49. The van der Waals surface area contributed by atoms with E-state index in [0.29, 0.717) is 16.7 Å². The van der Waals surface area contributed by atoms with Gasteiger partial charge in [0.2, 0.25) is 5.16 Å². The van der Waals surface area contributed by atoms with Crippen molar-refractivity contribution < 1.29 is 0 Å². The molecular formula is C18H14N8S. The predicted octanol–water partition coefficient (Wildman–Crippen LogP) is 3.00. The van der Waals surface area contributed by atoms with E-state index < -0.39 is 0 Å². The van der Waals surface area contributed by atoms with Crippen LogP contribution in [0.4, 0.5) is 0 Å². The van der Waals surface area contributed by atoms with Crippen LogP contribution >= 0.6 is 11.8 Å². The summed E-state index contributed by atoms with van der Waals surface area (Å²) in [4.78, 5) is 17.8.